The SMILES string of the molecule is CC(Cc1ccc(OCc2ccccc2)cc1)NCC(c1ccccc1)c1ccccc1.Cl. The molecule has 0 aliphatic carbocycles. The van der Waals surface area contributed by atoms with E-state index in [9.17, 15) is 0 Å². The van der Waals surface area contributed by atoms with Gasteiger partial charge < -0.3 is 10.1 Å². The summed E-state index contributed by atoms with van der Waals surface area (Å²) in [7, 11) is 0. The molecule has 2 nitrogen and oxygen atoms in total. The molecule has 0 radical (unpaired) electrons. The van der Waals surface area contributed by atoms with Crippen molar-refractivity contribution in [3.05, 3.63) is 138 Å². The molecule has 0 aliphatic rings. The highest BCUT2D eigenvalue weighted by Crippen LogP contribution is 2.24. The highest BCUT2D eigenvalue weighted by atomic mass is 35.5. The quantitative estimate of drug-likeness (QED) is 0.275. The summed E-state index contributed by atoms with van der Waals surface area (Å²) in [5.74, 6) is 1.25. The van der Waals surface area contributed by atoms with Crippen LogP contribution in [0.3, 0.4) is 0 Å². The van der Waals surface area contributed by atoms with Gasteiger partial charge in [-0.15, -0.1) is 12.4 Å². The third-order valence-electron chi connectivity index (χ3n) is 5.79. The van der Waals surface area contributed by atoms with Gasteiger partial charge in [0.1, 0.15) is 12.4 Å². The Labute approximate surface area is 204 Å². The largest absolute Gasteiger partial charge is 0.489 e. The van der Waals surface area contributed by atoms with Crippen LogP contribution in [0.2, 0.25) is 0 Å². The molecule has 0 fully saturated rings. The zero-order valence-electron chi connectivity index (χ0n) is 19.1. The first-order chi connectivity index (χ1) is 15.8. The maximum Gasteiger partial charge on any atom is 0.119 e. The molecule has 1 N–H and O–H groups in total. The minimum absolute atomic E-state index is 0. The number of nitrogens with one attached hydrogen (secondary N) is 1. The number of halogens is 1. The molecule has 1 unspecified atom stereocenters. The van der Waals surface area contributed by atoms with Gasteiger partial charge >= 0.3 is 0 Å². The number of benzene rings is 4. The Bertz CT molecular complexity index is 1010. The molecule has 0 saturated carbocycles. The molecule has 0 bridgehead atoms. The van der Waals surface area contributed by atoms with Crippen LogP contribution in [0, 0.1) is 0 Å². The van der Waals surface area contributed by atoms with Gasteiger partial charge in [-0.25, -0.2) is 0 Å². The number of hydrogen-bond acceptors (Lipinski definition) is 2. The van der Waals surface area contributed by atoms with E-state index in [4.69, 9.17) is 4.74 Å². The average molecular weight is 458 g/mol. The van der Waals surface area contributed by atoms with Gasteiger partial charge in [-0.1, -0.05) is 103 Å². The van der Waals surface area contributed by atoms with Gasteiger partial charge in [-0.3, -0.25) is 0 Å². The Kier molecular flexibility index (Phi) is 9.56. The lowest BCUT2D eigenvalue weighted by atomic mass is 9.91. The van der Waals surface area contributed by atoms with Crippen molar-refractivity contribution in [2.45, 2.75) is 31.9 Å². The van der Waals surface area contributed by atoms with Crippen LogP contribution in [0.1, 0.15) is 35.1 Å². The van der Waals surface area contributed by atoms with E-state index in [-0.39, 0.29) is 12.4 Å². The van der Waals surface area contributed by atoms with Gasteiger partial charge in [0.15, 0.2) is 0 Å². The molecule has 0 amide bonds. The van der Waals surface area contributed by atoms with E-state index in [0.29, 0.717) is 18.6 Å². The molecular weight excluding hydrogens is 426 g/mol. The minimum Gasteiger partial charge on any atom is -0.489 e. The monoisotopic (exact) mass is 457 g/mol. The normalized spacial score (nSPS) is 11.6. The number of ether oxygens (including phenoxy) is 1. The van der Waals surface area contributed by atoms with E-state index in [0.717, 1.165) is 18.7 Å². The Morgan fingerprint density at radius 2 is 1.15 bits per heavy atom. The lowest BCUT2D eigenvalue weighted by Gasteiger charge is -2.22. The summed E-state index contributed by atoms with van der Waals surface area (Å²) >= 11 is 0. The van der Waals surface area contributed by atoms with Crippen LogP contribution in [0.25, 0.3) is 0 Å². The topological polar surface area (TPSA) is 21.3 Å². The van der Waals surface area contributed by atoms with Crippen molar-refractivity contribution < 1.29 is 4.74 Å². The third-order valence-corrected chi connectivity index (χ3v) is 5.79. The van der Waals surface area contributed by atoms with Crippen LogP contribution in [0.5, 0.6) is 5.75 Å². The van der Waals surface area contributed by atoms with E-state index in [1.165, 1.54) is 22.3 Å². The summed E-state index contributed by atoms with van der Waals surface area (Å²) in [5.41, 5.74) is 5.19. The van der Waals surface area contributed by atoms with E-state index in [1.807, 2.05) is 18.2 Å². The van der Waals surface area contributed by atoms with Crippen molar-refractivity contribution in [1.29, 1.82) is 0 Å². The third kappa shape index (κ3) is 7.49. The zero-order valence-corrected chi connectivity index (χ0v) is 19.9. The number of rotatable bonds is 10. The number of hydrogen-bond donors (Lipinski definition) is 1. The van der Waals surface area contributed by atoms with Crippen LogP contribution in [-0.4, -0.2) is 12.6 Å². The maximum atomic E-state index is 5.91. The highest BCUT2D eigenvalue weighted by Gasteiger charge is 2.15. The molecule has 4 rings (SSSR count). The van der Waals surface area contributed by atoms with Crippen molar-refractivity contribution in [3.8, 4) is 5.75 Å². The summed E-state index contributed by atoms with van der Waals surface area (Å²) in [4.78, 5) is 0. The molecular formula is C30H32ClNO. The van der Waals surface area contributed by atoms with E-state index in [2.05, 4.69) is 109 Å². The van der Waals surface area contributed by atoms with E-state index < -0.39 is 0 Å². The molecule has 1 atom stereocenters. The first-order valence-electron chi connectivity index (χ1n) is 11.4. The Hall–Kier alpha value is -3.07. The fourth-order valence-electron chi connectivity index (χ4n) is 4.01. The van der Waals surface area contributed by atoms with E-state index in [1.54, 1.807) is 0 Å². The van der Waals surface area contributed by atoms with Crippen molar-refractivity contribution >= 4 is 12.4 Å². The molecule has 0 heterocycles. The first-order valence-corrected chi connectivity index (χ1v) is 11.4. The second-order valence-electron chi connectivity index (χ2n) is 8.31. The summed E-state index contributed by atoms with van der Waals surface area (Å²) in [5, 5.41) is 3.76. The van der Waals surface area contributed by atoms with Crippen LogP contribution >= 0.6 is 12.4 Å². The lowest BCUT2D eigenvalue weighted by Crippen LogP contribution is -2.32. The first kappa shape index (κ1) is 24.6. The zero-order chi connectivity index (χ0) is 22.0. The summed E-state index contributed by atoms with van der Waals surface area (Å²) in [6.07, 6.45) is 0.981. The predicted octanol–water partition coefficient (Wildman–Crippen LogP) is 7.04. The molecule has 33 heavy (non-hydrogen) atoms. The van der Waals surface area contributed by atoms with Crippen molar-refractivity contribution in [2.75, 3.05) is 6.54 Å². The van der Waals surface area contributed by atoms with Crippen LogP contribution in [0.4, 0.5) is 0 Å². The maximum absolute atomic E-state index is 5.91. The van der Waals surface area contributed by atoms with Gasteiger partial charge in [0.25, 0.3) is 0 Å². The van der Waals surface area contributed by atoms with Crippen molar-refractivity contribution in [3.63, 3.8) is 0 Å². The second-order valence-corrected chi connectivity index (χ2v) is 8.31. The van der Waals surface area contributed by atoms with Gasteiger partial charge in [0, 0.05) is 18.5 Å². The van der Waals surface area contributed by atoms with Gasteiger partial charge in [0.2, 0.25) is 0 Å². The average Bonchev–Trinajstić information content (AvgIpc) is 2.86. The van der Waals surface area contributed by atoms with Crippen molar-refractivity contribution in [2.24, 2.45) is 0 Å². The molecule has 3 heteroatoms. The van der Waals surface area contributed by atoms with Crippen molar-refractivity contribution in [1.82, 2.24) is 5.32 Å². The molecule has 170 valence electrons. The smallest absolute Gasteiger partial charge is 0.119 e. The van der Waals surface area contributed by atoms with Gasteiger partial charge in [-0.05, 0) is 47.7 Å². The van der Waals surface area contributed by atoms with Crippen LogP contribution in [-0.2, 0) is 13.0 Å². The summed E-state index contributed by atoms with van der Waals surface area (Å²) in [6.45, 7) is 3.76. The molecule has 0 saturated heterocycles. The lowest BCUT2D eigenvalue weighted by molar-refractivity contribution is 0.306. The van der Waals surface area contributed by atoms with Crippen LogP contribution in [0.15, 0.2) is 115 Å². The molecule has 0 aromatic heterocycles. The molecule has 4 aromatic rings. The van der Waals surface area contributed by atoms with E-state index >= 15 is 0 Å². The Balaban J connectivity index is 0.00000306. The standard InChI is InChI=1S/C30H31NO.ClH/c1-24(21-25-17-19-29(20-18-25)32-23-26-11-5-2-6-12-26)31-22-30(27-13-7-3-8-14-27)28-15-9-4-10-16-28;/h2-20,24,30-31H,21-23H2,1H3;1H. The summed E-state index contributed by atoms with van der Waals surface area (Å²) < 4.78 is 5.91. The van der Waals surface area contributed by atoms with Crippen LogP contribution < -0.4 is 10.1 Å². The predicted molar refractivity (Wildman–Crippen MR) is 140 cm³/mol. The highest BCUT2D eigenvalue weighted by molar-refractivity contribution is 5.85. The van der Waals surface area contributed by atoms with Gasteiger partial charge in [-0.2, -0.15) is 0 Å². The fraction of sp³-hybridized carbons (Fsp3) is 0.200. The second kappa shape index (κ2) is 12.8. The molecule has 4 aromatic carbocycles. The summed E-state index contributed by atoms with van der Waals surface area (Å²) in [6, 6.07) is 40.6. The molecule has 0 aliphatic heterocycles. The Morgan fingerprint density at radius 3 is 1.70 bits per heavy atom. The molecule has 0 spiro atoms. The Morgan fingerprint density at radius 1 is 0.636 bits per heavy atom. The van der Waals surface area contributed by atoms with Gasteiger partial charge in [0.05, 0.1) is 0 Å². The minimum atomic E-state index is 0. The fourth-order valence-corrected chi connectivity index (χ4v) is 4.01.